The van der Waals surface area contributed by atoms with Crippen LogP contribution in [0.5, 0.6) is 0 Å². The van der Waals surface area contributed by atoms with E-state index in [1.165, 1.54) is 45.3 Å². The van der Waals surface area contributed by atoms with Gasteiger partial charge in [0.05, 0.1) is 12.2 Å². The van der Waals surface area contributed by atoms with Crippen LogP contribution in [0.15, 0.2) is 0 Å². The Morgan fingerprint density at radius 2 is 1.88 bits per heavy atom. The molecule has 3 rings (SSSR count). The molecule has 1 N–H and O–H groups in total. The highest BCUT2D eigenvalue weighted by Gasteiger charge is 2.39. The summed E-state index contributed by atoms with van der Waals surface area (Å²) in [4.78, 5) is 2.74. The summed E-state index contributed by atoms with van der Waals surface area (Å²) in [6.45, 7) is 8.28. The first-order valence-corrected chi connectivity index (χ1v) is 7.35. The lowest BCUT2D eigenvalue weighted by Gasteiger charge is -2.37. The highest BCUT2D eigenvalue weighted by atomic mass is 16.5. The third kappa shape index (κ3) is 2.51. The van der Waals surface area contributed by atoms with E-state index in [1.54, 1.807) is 0 Å². The van der Waals surface area contributed by atoms with Crippen molar-refractivity contribution in [3.8, 4) is 0 Å². The first-order valence-electron chi connectivity index (χ1n) is 7.35. The molecule has 0 saturated carbocycles. The van der Waals surface area contributed by atoms with Crippen LogP contribution in [-0.4, -0.2) is 48.8 Å². The van der Waals surface area contributed by atoms with Crippen LogP contribution < -0.4 is 5.32 Å². The molecule has 3 heteroatoms. The lowest BCUT2D eigenvalue weighted by atomic mass is 9.94. The van der Waals surface area contributed by atoms with Crippen molar-refractivity contribution < 1.29 is 4.74 Å². The molecule has 3 aliphatic heterocycles. The SMILES string of the molecule is CC1CC(N2C[C@@H]3CCCN[C@@H]3C2)CC(C)O1. The summed E-state index contributed by atoms with van der Waals surface area (Å²) in [6.07, 6.45) is 6.14. The Morgan fingerprint density at radius 3 is 2.59 bits per heavy atom. The van der Waals surface area contributed by atoms with Crippen molar-refractivity contribution in [2.75, 3.05) is 19.6 Å². The maximum Gasteiger partial charge on any atom is 0.0565 e. The predicted octanol–water partition coefficient (Wildman–Crippen LogP) is 1.63. The predicted molar refractivity (Wildman–Crippen MR) is 69.1 cm³/mol. The maximum absolute atomic E-state index is 5.85. The van der Waals surface area contributed by atoms with E-state index in [9.17, 15) is 0 Å². The number of nitrogens with zero attached hydrogens (tertiary/aromatic N) is 1. The second-order valence-corrected chi connectivity index (χ2v) is 6.30. The quantitative estimate of drug-likeness (QED) is 0.751. The Kier molecular flexibility index (Phi) is 3.42. The van der Waals surface area contributed by atoms with Gasteiger partial charge in [-0.2, -0.15) is 0 Å². The Labute approximate surface area is 105 Å². The number of piperidine rings is 1. The minimum absolute atomic E-state index is 0.444. The summed E-state index contributed by atoms with van der Waals surface area (Å²) in [7, 11) is 0. The fourth-order valence-corrected chi connectivity index (χ4v) is 4.05. The molecule has 3 fully saturated rings. The molecule has 0 radical (unpaired) electrons. The number of hydrogen-bond acceptors (Lipinski definition) is 3. The highest BCUT2D eigenvalue weighted by molar-refractivity contribution is 4.95. The van der Waals surface area contributed by atoms with Gasteiger partial charge in [0.1, 0.15) is 0 Å². The van der Waals surface area contributed by atoms with E-state index in [-0.39, 0.29) is 0 Å². The number of ether oxygens (including phenoxy) is 1. The van der Waals surface area contributed by atoms with Crippen molar-refractivity contribution in [2.45, 2.75) is 63.8 Å². The van der Waals surface area contributed by atoms with Gasteiger partial charge in [-0.1, -0.05) is 0 Å². The fourth-order valence-electron chi connectivity index (χ4n) is 4.05. The zero-order chi connectivity index (χ0) is 11.8. The van der Waals surface area contributed by atoms with Gasteiger partial charge in [0, 0.05) is 25.2 Å². The second-order valence-electron chi connectivity index (χ2n) is 6.30. The van der Waals surface area contributed by atoms with Crippen molar-refractivity contribution in [3.63, 3.8) is 0 Å². The zero-order valence-corrected chi connectivity index (χ0v) is 11.2. The monoisotopic (exact) mass is 238 g/mol. The first kappa shape index (κ1) is 11.9. The zero-order valence-electron chi connectivity index (χ0n) is 11.2. The van der Waals surface area contributed by atoms with E-state index in [2.05, 4.69) is 24.1 Å². The topological polar surface area (TPSA) is 24.5 Å². The lowest BCUT2D eigenvalue weighted by molar-refractivity contribution is -0.0623. The molecule has 0 bridgehead atoms. The van der Waals surface area contributed by atoms with E-state index in [0.29, 0.717) is 12.2 Å². The van der Waals surface area contributed by atoms with Crippen LogP contribution in [0.4, 0.5) is 0 Å². The van der Waals surface area contributed by atoms with Gasteiger partial charge in [0.15, 0.2) is 0 Å². The molecule has 17 heavy (non-hydrogen) atoms. The van der Waals surface area contributed by atoms with Gasteiger partial charge in [-0.3, -0.25) is 4.90 Å². The summed E-state index contributed by atoms with van der Waals surface area (Å²) in [6, 6.07) is 1.54. The van der Waals surface area contributed by atoms with Crippen LogP contribution in [0.1, 0.15) is 39.5 Å². The molecule has 0 aromatic carbocycles. The number of hydrogen-bond donors (Lipinski definition) is 1. The molecule has 0 aromatic heterocycles. The van der Waals surface area contributed by atoms with Crippen LogP contribution in [0.2, 0.25) is 0 Å². The van der Waals surface area contributed by atoms with Crippen LogP contribution in [0, 0.1) is 5.92 Å². The summed E-state index contributed by atoms with van der Waals surface area (Å²) in [5, 5.41) is 3.70. The largest absolute Gasteiger partial charge is 0.375 e. The molecule has 0 aromatic rings. The van der Waals surface area contributed by atoms with Gasteiger partial charge < -0.3 is 10.1 Å². The van der Waals surface area contributed by atoms with E-state index in [0.717, 1.165) is 18.0 Å². The van der Waals surface area contributed by atoms with Crippen LogP contribution in [0.3, 0.4) is 0 Å². The summed E-state index contributed by atoms with van der Waals surface area (Å²) >= 11 is 0. The van der Waals surface area contributed by atoms with Crippen molar-refractivity contribution in [1.82, 2.24) is 10.2 Å². The third-order valence-corrected chi connectivity index (χ3v) is 4.82. The van der Waals surface area contributed by atoms with Crippen molar-refractivity contribution in [1.29, 1.82) is 0 Å². The van der Waals surface area contributed by atoms with Crippen LogP contribution >= 0.6 is 0 Å². The Balaban J connectivity index is 1.61. The molecular formula is C14H26N2O. The van der Waals surface area contributed by atoms with E-state index in [1.807, 2.05) is 0 Å². The van der Waals surface area contributed by atoms with Crippen LogP contribution in [-0.2, 0) is 4.74 Å². The van der Waals surface area contributed by atoms with Gasteiger partial charge in [0.25, 0.3) is 0 Å². The molecule has 3 heterocycles. The number of likely N-dealkylation sites (tertiary alicyclic amines) is 1. The molecule has 3 saturated heterocycles. The molecule has 2 unspecified atom stereocenters. The molecule has 0 amide bonds. The Morgan fingerprint density at radius 1 is 1.12 bits per heavy atom. The average molecular weight is 238 g/mol. The summed E-state index contributed by atoms with van der Waals surface area (Å²) < 4.78 is 5.85. The number of rotatable bonds is 1. The van der Waals surface area contributed by atoms with Gasteiger partial charge in [-0.05, 0) is 52.0 Å². The fraction of sp³-hybridized carbons (Fsp3) is 1.00. The molecule has 3 aliphatic rings. The molecule has 4 atom stereocenters. The van der Waals surface area contributed by atoms with Gasteiger partial charge in [-0.15, -0.1) is 0 Å². The van der Waals surface area contributed by atoms with Crippen molar-refractivity contribution in [3.05, 3.63) is 0 Å². The average Bonchev–Trinajstić information content (AvgIpc) is 2.71. The lowest BCUT2D eigenvalue weighted by Crippen LogP contribution is -2.44. The molecule has 3 nitrogen and oxygen atoms in total. The third-order valence-electron chi connectivity index (χ3n) is 4.82. The maximum atomic E-state index is 5.85. The van der Waals surface area contributed by atoms with E-state index < -0.39 is 0 Å². The molecule has 0 spiro atoms. The standard InChI is InChI=1S/C14H26N2O/c1-10-6-13(7-11(2)17-10)16-8-12-4-3-5-15-14(12)9-16/h10-15H,3-9H2,1-2H3/t10?,11?,12-,13?,14+/m0/s1. The molecule has 0 aliphatic carbocycles. The first-order chi connectivity index (χ1) is 8.22. The number of nitrogens with one attached hydrogen (secondary N) is 1. The van der Waals surface area contributed by atoms with Gasteiger partial charge >= 0.3 is 0 Å². The number of fused-ring (bicyclic) bond motifs is 1. The summed E-state index contributed by atoms with van der Waals surface area (Å²) in [5.41, 5.74) is 0. The normalized spacial score (nSPS) is 48.0. The smallest absolute Gasteiger partial charge is 0.0565 e. The van der Waals surface area contributed by atoms with Gasteiger partial charge in [0.2, 0.25) is 0 Å². The Hall–Kier alpha value is -0.120. The van der Waals surface area contributed by atoms with E-state index >= 15 is 0 Å². The van der Waals surface area contributed by atoms with Crippen molar-refractivity contribution in [2.24, 2.45) is 5.92 Å². The van der Waals surface area contributed by atoms with Gasteiger partial charge in [-0.25, -0.2) is 0 Å². The highest BCUT2D eigenvalue weighted by Crippen LogP contribution is 2.31. The van der Waals surface area contributed by atoms with Crippen LogP contribution in [0.25, 0.3) is 0 Å². The molecular weight excluding hydrogens is 212 g/mol. The summed E-state index contributed by atoms with van der Waals surface area (Å²) in [5.74, 6) is 0.914. The second kappa shape index (κ2) is 4.87. The Bertz CT molecular complexity index is 247. The minimum atomic E-state index is 0.444. The van der Waals surface area contributed by atoms with Crippen molar-refractivity contribution >= 4 is 0 Å². The molecule has 98 valence electrons. The van der Waals surface area contributed by atoms with E-state index in [4.69, 9.17) is 4.74 Å². The minimum Gasteiger partial charge on any atom is -0.375 e.